The van der Waals surface area contributed by atoms with E-state index in [1.807, 2.05) is 41.8 Å². The summed E-state index contributed by atoms with van der Waals surface area (Å²) in [6.07, 6.45) is 1.39. The van der Waals surface area contributed by atoms with Crippen molar-refractivity contribution in [3.8, 4) is 23.1 Å². The topological polar surface area (TPSA) is 99.7 Å². The number of fused-ring (bicyclic) bond motifs is 1. The minimum absolute atomic E-state index is 0.00411. The molecule has 2 aromatic heterocycles. The molecule has 7 heteroatoms. The number of benzene rings is 1. The van der Waals surface area contributed by atoms with Crippen LogP contribution in [-0.4, -0.2) is 28.1 Å². The number of nitrogens with one attached hydrogen (secondary N) is 1. The average molecular weight is 350 g/mol. The second kappa shape index (κ2) is 7.20. The lowest BCUT2D eigenvalue weighted by Gasteiger charge is -2.09. The van der Waals surface area contributed by atoms with Crippen molar-refractivity contribution in [2.75, 3.05) is 6.61 Å². The van der Waals surface area contributed by atoms with E-state index in [1.165, 1.54) is 24.6 Å². The molecule has 0 aliphatic carbocycles. The molecule has 25 heavy (non-hydrogen) atoms. The van der Waals surface area contributed by atoms with Gasteiger partial charge in [0, 0.05) is 16.7 Å². The maximum atomic E-state index is 12.1. The van der Waals surface area contributed by atoms with Crippen molar-refractivity contribution in [3.05, 3.63) is 42.0 Å². The number of ether oxygens (including phenoxy) is 1. The lowest BCUT2D eigenvalue weighted by molar-refractivity contribution is -0.121. The first-order chi connectivity index (χ1) is 12.1. The molecule has 1 atom stereocenters. The highest BCUT2D eigenvalue weighted by molar-refractivity contribution is 7.17. The van der Waals surface area contributed by atoms with Gasteiger partial charge in [-0.05, 0) is 12.5 Å². The molecule has 0 fully saturated rings. The van der Waals surface area contributed by atoms with Gasteiger partial charge in [-0.15, -0.1) is 11.3 Å². The summed E-state index contributed by atoms with van der Waals surface area (Å²) in [4.78, 5) is 21.3. The number of hydrogen-bond donors (Lipinski definition) is 1. The van der Waals surface area contributed by atoms with Gasteiger partial charge in [-0.3, -0.25) is 4.79 Å². The van der Waals surface area contributed by atoms with Crippen molar-refractivity contribution in [3.63, 3.8) is 0 Å². The molecule has 1 N–H and O–H groups in total. The van der Waals surface area contributed by atoms with E-state index < -0.39 is 11.7 Å². The van der Waals surface area contributed by atoms with E-state index in [-0.39, 0.29) is 12.3 Å². The molecule has 6 nitrogen and oxygen atoms in total. The molecule has 1 unspecified atom stereocenters. The van der Waals surface area contributed by atoms with Gasteiger partial charge < -0.3 is 10.1 Å². The Morgan fingerprint density at radius 2 is 2.12 bits per heavy atom. The second-order valence-electron chi connectivity index (χ2n) is 5.37. The van der Waals surface area contributed by atoms with Gasteiger partial charge in [-0.1, -0.05) is 30.3 Å². The fraction of sp³-hybridized carbons (Fsp3) is 0.167. The number of Topliss-reactive ketones (excluding diaryl/α,β-unsaturated/α-hetero) is 1. The fourth-order valence-electron chi connectivity index (χ4n) is 2.42. The van der Waals surface area contributed by atoms with Crippen LogP contribution in [0.4, 0.5) is 0 Å². The molecule has 0 aliphatic heterocycles. The van der Waals surface area contributed by atoms with Gasteiger partial charge in [0.15, 0.2) is 5.78 Å². The molecule has 3 aromatic rings. The number of aromatic nitrogens is 2. The van der Waals surface area contributed by atoms with Crippen LogP contribution in [0.1, 0.15) is 6.92 Å². The van der Waals surface area contributed by atoms with Crippen molar-refractivity contribution in [1.29, 1.82) is 10.7 Å². The highest BCUT2D eigenvalue weighted by Crippen LogP contribution is 2.37. The number of carbonyl (C=O) groups excluding carboxylic acids is 1. The van der Waals surface area contributed by atoms with Crippen LogP contribution in [0.5, 0.6) is 5.88 Å². The maximum Gasteiger partial charge on any atom is 0.226 e. The first kappa shape index (κ1) is 16.7. The van der Waals surface area contributed by atoms with Crippen LogP contribution in [0.3, 0.4) is 0 Å². The zero-order valence-corrected chi connectivity index (χ0v) is 14.2. The summed E-state index contributed by atoms with van der Waals surface area (Å²) in [7, 11) is 0. The van der Waals surface area contributed by atoms with Gasteiger partial charge >= 0.3 is 0 Å². The van der Waals surface area contributed by atoms with Gasteiger partial charge in [0.25, 0.3) is 0 Å². The molecule has 0 bridgehead atoms. The summed E-state index contributed by atoms with van der Waals surface area (Å²) in [5, 5.41) is 19.2. The largest absolute Gasteiger partial charge is 0.469 e. The van der Waals surface area contributed by atoms with Crippen molar-refractivity contribution in [2.45, 2.75) is 6.92 Å². The molecular formula is C18H14N4O2S. The van der Waals surface area contributed by atoms with Crippen LogP contribution in [0, 0.1) is 22.7 Å². The zero-order chi connectivity index (χ0) is 17.8. The quantitative estimate of drug-likeness (QED) is 0.686. The molecule has 3 rings (SSSR count). The Balaban J connectivity index is 1.92. The highest BCUT2D eigenvalue weighted by Gasteiger charge is 2.22. The molecular weight excluding hydrogens is 336 g/mol. The number of nitrogens with zero attached hydrogens (tertiary/aromatic N) is 3. The number of nitriles is 1. The molecule has 0 amide bonds. The van der Waals surface area contributed by atoms with E-state index in [4.69, 9.17) is 15.4 Å². The van der Waals surface area contributed by atoms with E-state index in [1.54, 1.807) is 0 Å². The summed E-state index contributed by atoms with van der Waals surface area (Å²) in [6.45, 7) is 1.12. The molecule has 0 aliphatic rings. The second-order valence-corrected chi connectivity index (χ2v) is 6.23. The third-order valence-electron chi connectivity index (χ3n) is 3.66. The Hall–Kier alpha value is -3.11. The Bertz CT molecular complexity index is 976. The molecule has 0 saturated carbocycles. The fourth-order valence-corrected chi connectivity index (χ4v) is 3.33. The van der Waals surface area contributed by atoms with Gasteiger partial charge in [0.05, 0.1) is 11.5 Å². The number of ketones is 1. The normalized spacial score (nSPS) is 11.7. The summed E-state index contributed by atoms with van der Waals surface area (Å²) in [5.74, 6) is -1.25. The number of rotatable bonds is 6. The minimum atomic E-state index is -1.09. The molecule has 1 aromatic carbocycles. The first-order valence-corrected chi connectivity index (χ1v) is 8.37. The van der Waals surface area contributed by atoms with Crippen LogP contribution in [0.15, 0.2) is 42.0 Å². The predicted octanol–water partition coefficient (Wildman–Crippen LogP) is 3.49. The summed E-state index contributed by atoms with van der Waals surface area (Å²) < 4.78 is 5.59. The third kappa shape index (κ3) is 3.39. The van der Waals surface area contributed by atoms with Crippen molar-refractivity contribution < 1.29 is 9.53 Å². The van der Waals surface area contributed by atoms with Gasteiger partial charge in [-0.25, -0.2) is 9.97 Å². The van der Waals surface area contributed by atoms with Gasteiger partial charge in [-0.2, -0.15) is 5.26 Å². The van der Waals surface area contributed by atoms with Gasteiger partial charge in [0.1, 0.15) is 23.7 Å². The smallest absolute Gasteiger partial charge is 0.226 e. The molecule has 2 heterocycles. The monoisotopic (exact) mass is 350 g/mol. The number of carbonyl (C=O) groups is 1. The van der Waals surface area contributed by atoms with E-state index in [0.717, 1.165) is 21.3 Å². The lowest BCUT2D eigenvalue weighted by Crippen LogP contribution is -2.25. The van der Waals surface area contributed by atoms with Crippen molar-refractivity contribution in [1.82, 2.24) is 9.97 Å². The van der Waals surface area contributed by atoms with Crippen molar-refractivity contribution in [2.24, 2.45) is 5.92 Å². The number of thiophene rings is 1. The standard InChI is InChI=1S/C18H14N4O2S/c1-11(20)13(7-19)15(23)8-24-17-16-14(12-5-3-2-4-6-12)9-25-18(16)22-10-21-17/h2-6,9-10,13,20H,8H2,1H3. The van der Waals surface area contributed by atoms with E-state index in [0.29, 0.717) is 5.88 Å². The molecule has 0 spiro atoms. The van der Waals surface area contributed by atoms with Crippen LogP contribution < -0.4 is 4.74 Å². The Labute approximate surface area is 148 Å². The third-order valence-corrected chi connectivity index (χ3v) is 4.54. The van der Waals surface area contributed by atoms with Crippen LogP contribution in [0.2, 0.25) is 0 Å². The molecule has 0 saturated heterocycles. The summed E-state index contributed by atoms with van der Waals surface area (Å²) >= 11 is 1.47. The average Bonchev–Trinajstić information content (AvgIpc) is 3.05. The van der Waals surface area contributed by atoms with Gasteiger partial charge in [0.2, 0.25) is 5.88 Å². The predicted molar refractivity (Wildman–Crippen MR) is 95.9 cm³/mol. The highest BCUT2D eigenvalue weighted by atomic mass is 32.1. The van der Waals surface area contributed by atoms with E-state index in [9.17, 15) is 4.79 Å². The SMILES string of the molecule is CC(=N)C(C#N)C(=O)COc1ncnc2scc(-c3ccccc3)c12. The maximum absolute atomic E-state index is 12.1. The van der Waals surface area contributed by atoms with Crippen LogP contribution in [0.25, 0.3) is 21.3 Å². The first-order valence-electron chi connectivity index (χ1n) is 7.49. The summed E-state index contributed by atoms with van der Waals surface area (Å²) in [5.41, 5.74) is 1.94. The number of hydrogen-bond acceptors (Lipinski definition) is 7. The van der Waals surface area contributed by atoms with Crippen molar-refractivity contribution >= 4 is 33.0 Å². The zero-order valence-electron chi connectivity index (χ0n) is 13.4. The Morgan fingerprint density at radius 1 is 1.36 bits per heavy atom. The lowest BCUT2D eigenvalue weighted by atomic mass is 10.0. The molecule has 124 valence electrons. The molecule has 0 radical (unpaired) electrons. The Morgan fingerprint density at radius 3 is 2.80 bits per heavy atom. The van der Waals surface area contributed by atoms with Crippen LogP contribution in [-0.2, 0) is 4.79 Å². The van der Waals surface area contributed by atoms with Crippen LogP contribution >= 0.6 is 11.3 Å². The summed E-state index contributed by atoms with van der Waals surface area (Å²) in [6, 6.07) is 11.6. The van der Waals surface area contributed by atoms with E-state index >= 15 is 0 Å². The Kier molecular flexibility index (Phi) is 4.82. The van der Waals surface area contributed by atoms with E-state index in [2.05, 4.69) is 9.97 Å². The minimum Gasteiger partial charge on any atom is -0.469 e.